The summed E-state index contributed by atoms with van der Waals surface area (Å²) in [5.74, 6) is -4.20. The van der Waals surface area contributed by atoms with E-state index < -0.39 is 65.7 Å². The molecule has 6 amide bonds. The zero-order chi connectivity index (χ0) is 43.1. The Morgan fingerprint density at radius 2 is 1.41 bits per heavy atom. The Morgan fingerprint density at radius 3 is 2.08 bits per heavy atom. The number of fused-ring (bicyclic) bond motifs is 1. The van der Waals surface area contributed by atoms with E-state index in [0.29, 0.717) is 12.0 Å². The van der Waals surface area contributed by atoms with E-state index >= 15 is 0 Å². The number of H-pyrrole nitrogens is 1. The summed E-state index contributed by atoms with van der Waals surface area (Å²) in [6.07, 6.45) is 2.37. The van der Waals surface area contributed by atoms with Crippen LogP contribution >= 0.6 is 28.6 Å². The summed E-state index contributed by atoms with van der Waals surface area (Å²) in [4.78, 5) is 87.2. The maximum Gasteiger partial charge on any atom is 0.244 e. The van der Waals surface area contributed by atoms with E-state index in [0.717, 1.165) is 32.1 Å². The Bertz CT molecular complexity index is 2140. The van der Waals surface area contributed by atoms with Crippen molar-refractivity contribution in [1.29, 1.82) is 0 Å². The molecule has 0 aliphatic rings. The summed E-state index contributed by atoms with van der Waals surface area (Å²) in [6.45, 7) is 3.55. The largest absolute Gasteiger partial charge is 0.370 e. The first-order chi connectivity index (χ1) is 28.1. The minimum atomic E-state index is -1.22. The molecule has 1 aromatic heterocycles. The van der Waals surface area contributed by atoms with Gasteiger partial charge in [0.25, 0.3) is 0 Å². The molecule has 5 atom stereocenters. The summed E-state index contributed by atoms with van der Waals surface area (Å²) < 4.78 is 0.794. The van der Waals surface area contributed by atoms with Crippen LogP contribution in [0.4, 0.5) is 0 Å². The summed E-state index contributed by atoms with van der Waals surface area (Å²) in [7, 11) is 0. The van der Waals surface area contributed by atoms with Gasteiger partial charge in [0.05, 0.1) is 6.42 Å². The van der Waals surface area contributed by atoms with E-state index in [-0.39, 0.29) is 43.9 Å². The lowest BCUT2D eigenvalue weighted by Gasteiger charge is -2.26. The van der Waals surface area contributed by atoms with Crippen LogP contribution in [0, 0.1) is 6.92 Å². The van der Waals surface area contributed by atoms with Gasteiger partial charge in [-0.1, -0.05) is 76.1 Å². The third kappa shape index (κ3) is 14.5. The molecular weight excluding hydrogens is 840 g/mol. The molecule has 0 bridgehead atoms. The first-order valence-electron chi connectivity index (χ1n) is 18.9. The second-order valence-corrected chi connectivity index (χ2v) is 15.4. The fraction of sp³-hybridized carbons (Fsp3) is 0.341. The van der Waals surface area contributed by atoms with Crippen molar-refractivity contribution in [3.63, 3.8) is 0 Å². The first kappa shape index (κ1) is 45.8. The summed E-state index contributed by atoms with van der Waals surface area (Å²) in [5.41, 5.74) is 20.6. The predicted molar refractivity (Wildman–Crippen MR) is 233 cm³/mol. The normalized spacial score (nSPS) is 13.5. The molecular formula is C41H51BrN10O6S. The number of primary amides is 1. The molecule has 314 valence electrons. The molecule has 0 saturated heterocycles. The number of aliphatic imine (C=N–C) groups is 1. The molecule has 3 aromatic carbocycles. The number of guanidine groups is 1. The van der Waals surface area contributed by atoms with Gasteiger partial charge in [-0.15, -0.1) is 0 Å². The quantitative estimate of drug-likeness (QED) is 0.0251. The van der Waals surface area contributed by atoms with Gasteiger partial charge in [-0.25, -0.2) is 0 Å². The summed E-state index contributed by atoms with van der Waals surface area (Å²) in [6, 6.07) is 16.3. The number of nitrogens with one attached hydrogen (secondary N) is 6. The lowest BCUT2D eigenvalue weighted by molar-refractivity contribution is -0.134. The molecule has 1 heterocycles. The smallest absolute Gasteiger partial charge is 0.244 e. The number of nitrogens with two attached hydrogens (primary N) is 3. The number of para-hydroxylation sites is 1. The van der Waals surface area contributed by atoms with Crippen LogP contribution in [0.5, 0.6) is 0 Å². The molecule has 0 saturated carbocycles. The highest BCUT2D eigenvalue weighted by Crippen LogP contribution is 2.19. The van der Waals surface area contributed by atoms with Crippen LogP contribution in [0.15, 0.2) is 88.5 Å². The average Bonchev–Trinajstić information content (AvgIpc) is 3.60. The van der Waals surface area contributed by atoms with Crippen LogP contribution in [0.3, 0.4) is 0 Å². The second-order valence-electron chi connectivity index (χ2n) is 14.1. The number of hydrogen-bond donors (Lipinski definition) is 10. The number of hydrogen-bond acceptors (Lipinski definition) is 8. The van der Waals surface area contributed by atoms with Gasteiger partial charge in [0.1, 0.15) is 30.2 Å². The first-order valence-corrected chi connectivity index (χ1v) is 20.4. The number of nitrogens with zero attached hydrogens (tertiary/aromatic N) is 1. The molecule has 0 unspecified atom stereocenters. The molecule has 12 N–H and O–H groups in total. The third-order valence-electron chi connectivity index (χ3n) is 9.37. The highest BCUT2D eigenvalue weighted by Gasteiger charge is 2.31. The number of thiol groups is 1. The zero-order valence-electron chi connectivity index (χ0n) is 32.8. The predicted octanol–water partition coefficient (Wildman–Crippen LogP) is 1.18. The Morgan fingerprint density at radius 1 is 0.746 bits per heavy atom. The van der Waals surface area contributed by atoms with Crippen LogP contribution in [0.1, 0.15) is 42.0 Å². The van der Waals surface area contributed by atoms with E-state index in [9.17, 15) is 28.8 Å². The SMILES string of the molecule is Cc1ccc(C[C@@H](NC(=O)[C@H](C)NC(=O)[C@H](CCCN=C(N)N)NC(=O)Cc2cccc(Br)c2)C(=O)N[C@@H](CS)C(=O)N[C@@H](Cc2c[nH]c3ccccc23)C(N)=O)cc1. The molecule has 0 fully saturated rings. The monoisotopic (exact) mass is 890 g/mol. The van der Waals surface area contributed by atoms with Gasteiger partial charge in [0, 0.05) is 46.7 Å². The highest BCUT2D eigenvalue weighted by atomic mass is 79.9. The molecule has 0 radical (unpaired) electrons. The van der Waals surface area contributed by atoms with Gasteiger partial charge in [-0.3, -0.25) is 33.8 Å². The number of carbonyl (C=O) groups excluding carboxylic acids is 6. The van der Waals surface area contributed by atoms with Crippen LogP contribution in [0.25, 0.3) is 10.9 Å². The summed E-state index contributed by atoms with van der Waals surface area (Å²) >= 11 is 7.68. The summed E-state index contributed by atoms with van der Waals surface area (Å²) in [5, 5.41) is 14.2. The van der Waals surface area contributed by atoms with Crippen LogP contribution in [0.2, 0.25) is 0 Å². The van der Waals surface area contributed by atoms with Gasteiger partial charge in [0.2, 0.25) is 35.4 Å². The number of amides is 6. The molecule has 0 aliphatic carbocycles. The second kappa shape index (κ2) is 22.3. The Balaban J connectivity index is 1.45. The van der Waals surface area contributed by atoms with Crippen molar-refractivity contribution < 1.29 is 28.8 Å². The van der Waals surface area contributed by atoms with E-state index in [1.807, 2.05) is 61.5 Å². The Kier molecular flexibility index (Phi) is 17.3. The molecule has 59 heavy (non-hydrogen) atoms. The number of halogens is 1. The van der Waals surface area contributed by atoms with Crippen LogP contribution < -0.4 is 43.8 Å². The van der Waals surface area contributed by atoms with Gasteiger partial charge in [-0.2, -0.15) is 12.6 Å². The molecule has 4 rings (SSSR count). The van der Waals surface area contributed by atoms with E-state index in [1.54, 1.807) is 24.4 Å². The Labute approximate surface area is 356 Å². The maximum absolute atomic E-state index is 13.9. The van der Waals surface area contributed by atoms with Crippen molar-refractivity contribution in [3.05, 3.63) is 106 Å². The van der Waals surface area contributed by atoms with Crippen LogP contribution in [-0.2, 0) is 48.0 Å². The van der Waals surface area contributed by atoms with E-state index in [1.165, 1.54) is 6.92 Å². The third-order valence-corrected chi connectivity index (χ3v) is 10.2. The van der Waals surface area contributed by atoms with E-state index in [4.69, 9.17) is 17.2 Å². The zero-order valence-corrected chi connectivity index (χ0v) is 35.3. The maximum atomic E-state index is 13.9. The molecule has 16 nitrogen and oxygen atoms in total. The van der Waals surface area contributed by atoms with Gasteiger partial charge in [0.15, 0.2) is 5.96 Å². The molecule has 4 aromatic rings. The highest BCUT2D eigenvalue weighted by molar-refractivity contribution is 9.10. The topological polar surface area (TPSA) is 269 Å². The van der Waals surface area contributed by atoms with Crippen molar-refractivity contribution in [1.82, 2.24) is 31.6 Å². The molecule has 0 spiro atoms. The minimum absolute atomic E-state index is 0.00153. The van der Waals surface area contributed by atoms with Crippen molar-refractivity contribution in [2.75, 3.05) is 12.3 Å². The van der Waals surface area contributed by atoms with Gasteiger partial charge in [-0.05, 0) is 61.6 Å². The lowest BCUT2D eigenvalue weighted by atomic mass is 10.0. The van der Waals surface area contributed by atoms with Crippen LogP contribution in [-0.4, -0.2) is 88.9 Å². The number of aromatic nitrogens is 1. The number of aromatic amines is 1. The Hall–Kier alpha value is -5.88. The number of carbonyl (C=O) groups is 6. The molecule has 18 heteroatoms. The van der Waals surface area contributed by atoms with Crippen molar-refractivity contribution >= 4 is 80.9 Å². The van der Waals surface area contributed by atoms with E-state index in [2.05, 4.69) is 65.1 Å². The number of rotatable bonds is 21. The number of benzene rings is 3. The average molecular weight is 892 g/mol. The van der Waals surface area contributed by atoms with Crippen molar-refractivity contribution in [2.45, 2.75) is 76.2 Å². The van der Waals surface area contributed by atoms with Gasteiger partial charge >= 0.3 is 0 Å². The van der Waals surface area contributed by atoms with Crippen molar-refractivity contribution in [2.24, 2.45) is 22.2 Å². The molecule has 0 aliphatic heterocycles. The van der Waals surface area contributed by atoms with Crippen molar-refractivity contribution in [3.8, 4) is 0 Å². The number of aryl methyl sites for hydroxylation is 1. The fourth-order valence-corrected chi connectivity index (χ4v) is 6.88. The minimum Gasteiger partial charge on any atom is -0.370 e. The lowest BCUT2D eigenvalue weighted by Crippen LogP contribution is -2.59. The standard InChI is InChI=1S/C41H51BrN10O6S/c1-23-12-14-25(15-13-23)18-33(39(57)52-34(22-59)40(58)50-32(36(43)54)20-27-21-47-30-10-4-3-9-29(27)30)51-37(55)24(2)48-38(56)31(11-6-16-46-41(44)45)49-35(53)19-26-7-5-8-28(42)17-26/h3-5,7-10,12-15,17,21,24,31-34,47,59H,6,11,16,18-20,22H2,1-2H3,(H2,43,54)(H,48,56)(H,49,53)(H,50,58)(H,51,55)(H,52,57)(H4,44,45,46)/t24-,31-,32-,33+,34-/m0/s1. The fourth-order valence-electron chi connectivity index (χ4n) is 6.18. The van der Waals surface area contributed by atoms with Gasteiger partial charge < -0.3 is 48.8 Å².